The van der Waals surface area contributed by atoms with Crippen molar-refractivity contribution in [3.8, 4) is 0 Å². The van der Waals surface area contributed by atoms with E-state index in [0.29, 0.717) is 44.5 Å². The third-order valence-corrected chi connectivity index (χ3v) is 7.13. The first-order valence-electron chi connectivity index (χ1n) is 14.5. The number of halogens is 7. The van der Waals surface area contributed by atoms with Crippen LogP contribution in [-0.4, -0.2) is 32.8 Å². The Kier molecular flexibility index (Phi) is 11.0. The van der Waals surface area contributed by atoms with E-state index in [1.54, 1.807) is 38.1 Å². The van der Waals surface area contributed by atoms with Crippen LogP contribution in [0.1, 0.15) is 22.3 Å². The van der Waals surface area contributed by atoms with Gasteiger partial charge in [-0.1, -0.05) is 0 Å². The fourth-order valence-corrected chi connectivity index (χ4v) is 5.03. The molecule has 4 aromatic carbocycles. The zero-order valence-corrected chi connectivity index (χ0v) is 26.2. The molecule has 0 saturated carbocycles. The molecule has 0 spiro atoms. The molecule has 6 aromatic rings. The molecule has 2 N–H and O–H groups in total. The SMILES string of the molecule is Cc1ccc2[o+]c3ccc(C)c(NCC(F)(F)F)c3cc2c1.Cc1ccc2[o+]c3ccc(C)c(NCC(F)(F)F)c3cc2c1.[O-]B([O-])F. The van der Waals surface area contributed by atoms with Crippen molar-refractivity contribution in [2.24, 2.45) is 0 Å². The Bertz CT molecular complexity index is 1920. The zero-order valence-electron chi connectivity index (χ0n) is 26.2. The zero-order chi connectivity index (χ0) is 35.4. The number of nitrogens with one attached hydrogen (secondary N) is 2. The van der Waals surface area contributed by atoms with Crippen molar-refractivity contribution in [1.82, 2.24) is 0 Å². The third-order valence-electron chi connectivity index (χ3n) is 7.13. The summed E-state index contributed by atoms with van der Waals surface area (Å²) in [6.45, 7) is 5.33. The van der Waals surface area contributed by atoms with E-state index in [0.717, 1.165) is 33.0 Å². The molecule has 0 unspecified atom stereocenters. The average molecular weight is 674 g/mol. The van der Waals surface area contributed by atoms with Gasteiger partial charge in [-0.05, 0) is 98.5 Å². The summed E-state index contributed by atoms with van der Waals surface area (Å²) in [6, 6.07) is 22.3. The Morgan fingerprint density at radius 3 is 1.23 bits per heavy atom. The molecule has 2 aromatic heterocycles. The fraction of sp³-hybridized carbons (Fsp3) is 0.235. The highest BCUT2D eigenvalue weighted by atomic mass is 19.4. The molecule has 0 amide bonds. The van der Waals surface area contributed by atoms with Crippen LogP contribution in [0.4, 0.5) is 42.0 Å². The molecule has 0 saturated heterocycles. The maximum Gasteiger partial charge on any atom is 0.405 e. The lowest BCUT2D eigenvalue weighted by molar-refractivity contribution is -0.366. The van der Waals surface area contributed by atoms with Crippen LogP contribution in [0.25, 0.3) is 43.9 Å². The van der Waals surface area contributed by atoms with E-state index in [2.05, 4.69) is 10.6 Å². The lowest BCUT2D eigenvalue weighted by Gasteiger charge is -2.12. The Labute approximate surface area is 271 Å². The second kappa shape index (κ2) is 14.6. The van der Waals surface area contributed by atoms with Crippen LogP contribution >= 0.6 is 0 Å². The van der Waals surface area contributed by atoms with Crippen molar-refractivity contribution in [3.05, 3.63) is 95.1 Å². The number of aryl methyl sites for hydroxylation is 4. The van der Waals surface area contributed by atoms with Gasteiger partial charge < -0.3 is 25.0 Å². The number of alkyl halides is 6. The molecule has 14 heteroatoms. The molecule has 6 rings (SSSR count). The van der Waals surface area contributed by atoms with Crippen LogP contribution in [0.5, 0.6) is 0 Å². The quantitative estimate of drug-likeness (QED) is 0.0843. The van der Waals surface area contributed by atoms with E-state index in [1.807, 2.05) is 62.4 Å². The van der Waals surface area contributed by atoms with Gasteiger partial charge in [0.1, 0.15) is 31.3 Å². The van der Waals surface area contributed by atoms with E-state index >= 15 is 0 Å². The van der Waals surface area contributed by atoms with Crippen molar-refractivity contribution in [2.75, 3.05) is 23.7 Å². The summed E-state index contributed by atoms with van der Waals surface area (Å²) in [5.41, 5.74) is 7.10. The monoisotopic (exact) mass is 674 g/mol. The van der Waals surface area contributed by atoms with Gasteiger partial charge in [-0.25, -0.2) is 8.83 Å². The summed E-state index contributed by atoms with van der Waals surface area (Å²) in [5, 5.41) is 24.6. The van der Waals surface area contributed by atoms with E-state index in [4.69, 9.17) is 18.9 Å². The molecule has 0 aliphatic carbocycles. The smallest absolute Gasteiger partial charge is 0.405 e. The van der Waals surface area contributed by atoms with Gasteiger partial charge in [0.15, 0.2) is 0 Å². The number of rotatable bonds is 4. The molecule has 0 aliphatic heterocycles. The van der Waals surface area contributed by atoms with Crippen LogP contribution < -0.4 is 20.7 Å². The molecule has 48 heavy (non-hydrogen) atoms. The first-order valence-corrected chi connectivity index (χ1v) is 14.5. The normalized spacial score (nSPS) is 11.6. The molecule has 2 heterocycles. The van der Waals surface area contributed by atoms with Gasteiger partial charge in [0.25, 0.3) is 0 Å². The second-order valence-corrected chi connectivity index (χ2v) is 11.1. The highest BCUT2D eigenvalue weighted by molar-refractivity contribution is 6.27. The Hall–Kier alpha value is -4.69. The standard InChI is InChI=1S/2C17H15F3NO.BFO2/c2*1-10-3-5-14-12(7-10)8-13-15(22-14)6-4-11(2)16(13)21-9-17(18,19)20;2-1(3)4/h2*3-8,21H,9H2,1-2H3;/q2*+1;-2. The second-order valence-electron chi connectivity index (χ2n) is 11.1. The number of hydrogen-bond donors (Lipinski definition) is 2. The number of anilines is 2. The molecule has 0 radical (unpaired) electrons. The van der Waals surface area contributed by atoms with Gasteiger partial charge >= 0.3 is 34.7 Å². The van der Waals surface area contributed by atoms with Gasteiger partial charge in [-0.2, -0.15) is 26.3 Å². The van der Waals surface area contributed by atoms with E-state index in [1.165, 1.54) is 0 Å². The summed E-state index contributed by atoms with van der Waals surface area (Å²) in [7, 11) is -3.17. The summed E-state index contributed by atoms with van der Waals surface area (Å²) in [4.78, 5) is 0. The van der Waals surface area contributed by atoms with Gasteiger partial charge in [-0.15, -0.1) is 0 Å². The maximum absolute atomic E-state index is 12.5. The summed E-state index contributed by atoms with van der Waals surface area (Å²) < 4.78 is 96.5. The van der Waals surface area contributed by atoms with Crippen LogP contribution in [0, 0.1) is 27.7 Å². The van der Waals surface area contributed by atoms with Gasteiger partial charge in [-0.3, -0.25) is 0 Å². The van der Waals surface area contributed by atoms with Crippen molar-refractivity contribution >= 4 is 62.6 Å². The predicted molar refractivity (Wildman–Crippen MR) is 171 cm³/mol. The summed E-state index contributed by atoms with van der Waals surface area (Å²) >= 11 is 0. The Morgan fingerprint density at radius 2 is 0.896 bits per heavy atom. The minimum Gasteiger partial charge on any atom is -0.867 e. The van der Waals surface area contributed by atoms with E-state index in [9.17, 15) is 30.7 Å². The highest BCUT2D eigenvalue weighted by Crippen LogP contribution is 2.34. The molecular formula is C34H30BF7N2O4. The van der Waals surface area contributed by atoms with Crippen molar-refractivity contribution < 1.29 is 49.5 Å². The molecule has 6 nitrogen and oxygen atoms in total. The van der Waals surface area contributed by atoms with Crippen LogP contribution in [0.3, 0.4) is 0 Å². The predicted octanol–water partition coefficient (Wildman–Crippen LogP) is 8.58. The minimum absolute atomic E-state index is 0.460. The fourth-order valence-electron chi connectivity index (χ4n) is 5.03. The number of hydrogen-bond acceptors (Lipinski definition) is 4. The first-order chi connectivity index (χ1) is 22.4. The lowest BCUT2D eigenvalue weighted by atomic mass is 10.1. The summed E-state index contributed by atoms with van der Waals surface area (Å²) in [6.07, 6.45) is -8.53. The maximum atomic E-state index is 12.5. The minimum atomic E-state index is -4.26. The van der Waals surface area contributed by atoms with Gasteiger partial charge in [0.2, 0.25) is 0 Å². The van der Waals surface area contributed by atoms with Gasteiger partial charge in [0.05, 0.1) is 22.1 Å². The first kappa shape index (κ1) is 36.2. The molecule has 252 valence electrons. The topological polar surface area (TPSA) is 92.8 Å². The summed E-state index contributed by atoms with van der Waals surface area (Å²) in [5.74, 6) is 0. The molecular weight excluding hydrogens is 644 g/mol. The Balaban J connectivity index is 0.000000195. The largest absolute Gasteiger partial charge is 0.867 e. The van der Waals surface area contributed by atoms with Crippen molar-refractivity contribution in [1.29, 1.82) is 0 Å². The number of fused-ring (bicyclic) bond motifs is 4. The molecule has 0 aliphatic rings. The third kappa shape index (κ3) is 9.67. The van der Waals surface area contributed by atoms with Crippen LogP contribution in [0.15, 0.2) is 81.6 Å². The van der Waals surface area contributed by atoms with Crippen molar-refractivity contribution in [3.63, 3.8) is 0 Å². The molecule has 0 bridgehead atoms. The van der Waals surface area contributed by atoms with E-state index in [-0.39, 0.29) is 0 Å². The van der Waals surface area contributed by atoms with Crippen LogP contribution in [0.2, 0.25) is 0 Å². The molecule has 0 fully saturated rings. The molecule has 0 atom stereocenters. The number of benzene rings is 4. The van der Waals surface area contributed by atoms with E-state index < -0.39 is 32.8 Å². The Morgan fingerprint density at radius 1 is 0.562 bits per heavy atom. The van der Waals surface area contributed by atoms with Crippen molar-refractivity contribution in [2.45, 2.75) is 40.0 Å². The lowest BCUT2D eigenvalue weighted by Crippen LogP contribution is -2.39. The average Bonchev–Trinajstić information content (AvgIpc) is 2.97. The van der Waals surface area contributed by atoms with Gasteiger partial charge in [0, 0.05) is 24.3 Å². The van der Waals surface area contributed by atoms with Crippen LogP contribution in [-0.2, 0) is 0 Å². The highest BCUT2D eigenvalue weighted by Gasteiger charge is 2.29.